The molecule has 0 aliphatic rings. The number of carboxylic acids is 1. The molecule has 0 saturated heterocycles. The highest BCUT2D eigenvalue weighted by Crippen LogP contribution is 1.99. The van der Waals surface area contributed by atoms with E-state index in [1.54, 1.807) is 0 Å². The molecule has 0 unspecified atom stereocenters. The third-order valence-electron chi connectivity index (χ3n) is 1.27. The Hall–Kier alpha value is -1.72. The van der Waals surface area contributed by atoms with Crippen molar-refractivity contribution in [2.24, 2.45) is 0 Å². The van der Waals surface area contributed by atoms with Crippen LogP contribution in [0.4, 0.5) is 0 Å². The lowest BCUT2D eigenvalue weighted by atomic mass is 10.2. The van der Waals surface area contributed by atoms with Crippen molar-refractivity contribution in [2.45, 2.75) is 12.8 Å². The zero-order valence-corrected chi connectivity index (χ0v) is 6.15. The number of Topliss-reactive ketones (excluding diaryl/α,β-unsaturated/α-hetero) is 1. The molecular weight excluding hydrogens is 162 g/mol. The van der Waals surface area contributed by atoms with Gasteiger partial charge < -0.3 is 5.11 Å². The number of ketones is 1. The highest BCUT2D eigenvalue weighted by Gasteiger charge is 2.10. The minimum atomic E-state index is -0.994. The number of aromatic nitrogens is 3. The molecule has 2 N–H and O–H groups in total. The second-order valence-corrected chi connectivity index (χ2v) is 2.17. The summed E-state index contributed by atoms with van der Waals surface area (Å²) < 4.78 is 0. The van der Waals surface area contributed by atoms with E-state index in [1.807, 2.05) is 0 Å². The first-order chi connectivity index (χ1) is 5.70. The number of aliphatic carboxylic acids is 1. The van der Waals surface area contributed by atoms with Crippen LogP contribution in [0.25, 0.3) is 0 Å². The van der Waals surface area contributed by atoms with Gasteiger partial charge in [-0.05, 0) is 0 Å². The summed E-state index contributed by atoms with van der Waals surface area (Å²) in [7, 11) is 0. The first kappa shape index (κ1) is 8.38. The molecule has 1 aromatic heterocycles. The van der Waals surface area contributed by atoms with E-state index in [0.717, 1.165) is 0 Å². The Morgan fingerprint density at radius 3 is 2.75 bits per heavy atom. The third-order valence-corrected chi connectivity index (χ3v) is 1.27. The minimum absolute atomic E-state index is 0.0398. The Morgan fingerprint density at radius 1 is 1.50 bits per heavy atom. The number of rotatable bonds is 4. The second kappa shape index (κ2) is 3.61. The van der Waals surface area contributed by atoms with E-state index in [9.17, 15) is 9.59 Å². The van der Waals surface area contributed by atoms with E-state index in [1.165, 1.54) is 6.20 Å². The summed E-state index contributed by atoms with van der Waals surface area (Å²) in [5.74, 6) is -1.31. The molecule has 0 fully saturated rings. The summed E-state index contributed by atoms with van der Waals surface area (Å²) >= 11 is 0. The monoisotopic (exact) mass is 169 g/mol. The standard InChI is InChI=1S/C6H7N3O3/c10-5(1-2-6(11)12)4-3-7-9-8-4/h3H,1-2H2,(H,11,12)(H,7,8,9). The van der Waals surface area contributed by atoms with Crippen molar-refractivity contribution in [1.82, 2.24) is 15.4 Å². The highest BCUT2D eigenvalue weighted by atomic mass is 16.4. The Labute approximate surface area is 67.6 Å². The lowest BCUT2D eigenvalue weighted by Crippen LogP contribution is -2.04. The Kier molecular flexibility index (Phi) is 2.52. The lowest BCUT2D eigenvalue weighted by molar-refractivity contribution is -0.136. The fourth-order valence-corrected chi connectivity index (χ4v) is 0.684. The first-order valence-corrected chi connectivity index (χ1v) is 3.31. The van der Waals surface area contributed by atoms with Gasteiger partial charge in [-0.3, -0.25) is 9.59 Å². The summed E-state index contributed by atoms with van der Waals surface area (Å²) in [4.78, 5) is 21.1. The summed E-state index contributed by atoms with van der Waals surface area (Å²) in [5.41, 5.74) is 0.177. The van der Waals surface area contributed by atoms with Crippen molar-refractivity contribution in [2.75, 3.05) is 0 Å². The van der Waals surface area contributed by atoms with Gasteiger partial charge in [0.25, 0.3) is 0 Å². The van der Waals surface area contributed by atoms with Gasteiger partial charge >= 0.3 is 5.97 Å². The molecule has 0 spiro atoms. The van der Waals surface area contributed by atoms with Crippen LogP contribution in [0.3, 0.4) is 0 Å². The van der Waals surface area contributed by atoms with E-state index in [4.69, 9.17) is 5.11 Å². The van der Waals surface area contributed by atoms with Crippen molar-refractivity contribution < 1.29 is 14.7 Å². The third kappa shape index (κ3) is 2.15. The van der Waals surface area contributed by atoms with Crippen molar-refractivity contribution >= 4 is 11.8 Å². The van der Waals surface area contributed by atoms with Gasteiger partial charge in [-0.25, -0.2) is 0 Å². The normalized spacial score (nSPS) is 9.67. The van der Waals surface area contributed by atoms with Crippen LogP contribution in [0, 0.1) is 0 Å². The molecule has 0 amide bonds. The number of carbonyl (C=O) groups is 2. The quantitative estimate of drug-likeness (QED) is 0.611. The van der Waals surface area contributed by atoms with Gasteiger partial charge in [0.15, 0.2) is 5.78 Å². The van der Waals surface area contributed by atoms with Gasteiger partial charge in [-0.15, -0.1) is 0 Å². The van der Waals surface area contributed by atoms with Crippen molar-refractivity contribution in [3.63, 3.8) is 0 Å². The Bertz CT molecular complexity index is 280. The van der Waals surface area contributed by atoms with Gasteiger partial charge in [0, 0.05) is 6.42 Å². The largest absolute Gasteiger partial charge is 0.481 e. The van der Waals surface area contributed by atoms with Crippen molar-refractivity contribution in [3.8, 4) is 0 Å². The minimum Gasteiger partial charge on any atom is -0.481 e. The fraction of sp³-hybridized carbons (Fsp3) is 0.333. The predicted molar refractivity (Wildman–Crippen MR) is 37.6 cm³/mol. The molecule has 0 aliphatic heterocycles. The van der Waals surface area contributed by atoms with E-state index in [-0.39, 0.29) is 24.3 Å². The van der Waals surface area contributed by atoms with E-state index in [2.05, 4.69) is 15.4 Å². The molecule has 64 valence electrons. The fourth-order valence-electron chi connectivity index (χ4n) is 0.684. The molecule has 12 heavy (non-hydrogen) atoms. The second-order valence-electron chi connectivity index (χ2n) is 2.17. The van der Waals surface area contributed by atoms with Crippen LogP contribution < -0.4 is 0 Å². The van der Waals surface area contributed by atoms with Crippen LogP contribution in [0.1, 0.15) is 23.3 Å². The topological polar surface area (TPSA) is 95.9 Å². The molecule has 1 rings (SSSR count). The molecule has 1 heterocycles. The molecule has 0 radical (unpaired) electrons. The molecule has 0 bridgehead atoms. The van der Waals surface area contributed by atoms with E-state index >= 15 is 0 Å². The number of nitrogens with zero attached hydrogens (tertiary/aromatic N) is 2. The number of carboxylic acid groups (broad SMARTS) is 1. The number of H-pyrrole nitrogens is 1. The lowest BCUT2D eigenvalue weighted by Gasteiger charge is -1.90. The number of aromatic amines is 1. The number of nitrogens with one attached hydrogen (secondary N) is 1. The number of hydrogen-bond donors (Lipinski definition) is 2. The van der Waals surface area contributed by atoms with Gasteiger partial charge in [0.05, 0.1) is 12.6 Å². The zero-order valence-electron chi connectivity index (χ0n) is 6.15. The Balaban J connectivity index is 2.45. The van der Waals surface area contributed by atoms with Crippen LogP contribution in [0.15, 0.2) is 6.20 Å². The Morgan fingerprint density at radius 2 is 2.25 bits per heavy atom. The molecular formula is C6H7N3O3. The maximum atomic E-state index is 11.0. The highest BCUT2D eigenvalue weighted by molar-refractivity contribution is 5.95. The van der Waals surface area contributed by atoms with Gasteiger partial charge in [0.1, 0.15) is 5.69 Å². The molecule has 0 saturated carbocycles. The maximum Gasteiger partial charge on any atom is 0.303 e. The number of carbonyl (C=O) groups excluding carboxylic acids is 1. The molecule has 6 nitrogen and oxygen atoms in total. The maximum absolute atomic E-state index is 11.0. The molecule has 6 heteroatoms. The molecule has 1 aromatic rings. The molecule has 0 atom stereocenters. The summed E-state index contributed by atoms with van der Waals surface area (Å²) in [6.45, 7) is 0. The SMILES string of the molecule is O=C(O)CCC(=O)c1cn[nH]n1. The van der Waals surface area contributed by atoms with Crippen LogP contribution >= 0.6 is 0 Å². The molecule has 0 aromatic carbocycles. The van der Waals surface area contributed by atoms with Gasteiger partial charge in [0.2, 0.25) is 0 Å². The zero-order chi connectivity index (χ0) is 8.97. The average Bonchev–Trinajstić information content (AvgIpc) is 2.51. The van der Waals surface area contributed by atoms with Crippen LogP contribution in [-0.2, 0) is 4.79 Å². The smallest absolute Gasteiger partial charge is 0.303 e. The summed E-state index contributed by atoms with van der Waals surface area (Å²) in [6.07, 6.45) is 1.05. The van der Waals surface area contributed by atoms with Crippen LogP contribution in [0.2, 0.25) is 0 Å². The van der Waals surface area contributed by atoms with Crippen LogP contribution in [-0.4, -0.2) is 32.3 Å². The van der Waals surface area contributed by atoms with Crippen LogP contribution in [0.5, 0.6) is 0 Å². The summed E-state index contributed by atoms with van der Waals surface area (Å²) in [5, 5.41) is 17.5. The predicted octanol–water partition coefficient (Wildman–Crippen LogP) is -0.148. The number of hydrogen-bond acceptors (Lipinski definition) is 4. The van der Waals surface area contributed by atoms with Gasteiger partial charge in [-0.2, -0.15) is 15.4 Å². The van der Waals surface area contributed by atoms with Crippen molar-refractivity contribution in [1.29, 1.82) is 0 Å². The molecule has 0 aliphatic carbocycles. The van der Waals surface area contributed by atoms with Crippen molar-refractivity contribution in [3.05, 3.63) is 11.9 Å². The first-order valence-electron chi connectivity index (χ1n) is 3.31. The van der Waals surface area contributed by atoms with Gasteiger partial charge in [-0.1, -0.05) is 0 Å². The van der Waals surface area contributed by atoms with E-state index in [0.29, 0.717) is 0 Å². The van der Waals surface area contributed by atoms with E-state index < -0.39 is 5.97 Å². The average molecular weight is 169 g/mol. The summed E-state index contributed by atoms with van der Waals surface area (Å²) in [6, 6.07) is 0.